The van der Waals surface area contributed by atoms with Crippen molar-refractivity contribution in [3.8, 4) is 0 Å². The largest absolute Gasteiger partial charge is 0.462 e. The van der Waals surface area contributed by atoms with Gasteiger partial charge < -0.3 is 31.6 Å². The minimum absolute atomic E-state index is 0.0103. The maximum absolute atomic E-state index is 12.5. The summed E-state index contributed by atoms with van der Waals surface area (Å²) in [7, 11) is 0. The van der Waals surface area contributed by atoms with Crippen molar-refractivity contribution in [3.63, 3.8) is 0 Å². The lowest BCUT2D eigenvalue weighted by molar-refractivity contribution is -0.139. The van der Waals surface area contributed by atoms with Gasteiger partial charge in [-0.25, -0.2) is 9.59 Å². The minimum Gasteiger partial charge on any atom is -0.462 e. The van der Waals surface area contributed by atoms with Crippen LogP contribution in [0.3, 0.4) is 0 Å². The normalized spacial score (nSPS) is 11.8. The van der Waals surface area contributed by atoms with Gasteiger partial charge in [0, 0.05) is 11.4 Å². The summed E-state index contributed by atoms with van der Waals surface area (Å²) >= 11 is 0. The van der Waals surface area contributed by atoms with Crippen LogP contribution in [0, 0.1) is 5.92 Å². The molecule has 0 radical (unpaired) electrons. The number of ether oxygens (including phenoxy) is 2. The fraction of sp³-hybridized carbons (Fsp3) is 0.333. The molecule has 0 bridgehead atoms. The number of hydrogen-bond acceptors (Lipinski definition) is 11. The Morgan fingerprint density at radius 1 is 0.881 bits per heavy atom. The number of rotatable bonds is 15. The van der Waals surface area contributed by atoms with Gasteiger partial charge in [0.25, 0.3) is 5.91 Å². The first-order valence-corrected chi connectivity index (χ1v) is 13.8. The van der Waals surface area contributed by atoms with E-state index >= 15 is 0 Å². The number of esters is 2. The van der Waals surface area contributed by atoms with Crippen molar-refractivity contribution in [1.82, 2.24) is 15.0 Å². The zero-order chi connectivity index (χ0) is 30.5. The van der Waals surface area contributed by atoms with Crippen LogP contribution >= 0.6 is 0 Å². The summed E-state index contributed by atoms with van der Waals surface area (Å²) < 4.78 is 10.4. The number of primary amides is 1. The van der Waals surface area contributed by atoms with Gasteiger partial charge in [-0.2, -0.15) is 15.0 Å². The van der Waals surface area contributed by atoms with Crippen molar-refractivity contribution in [3.05, 3.63) is 65.2 Å². The van der Waals surface area contributed by atoms with Crippen molar-refractivity contribution in [2.45, 2.75) is 46.5 Å². The number of anilines is 5. The number of unbranched alkanes of at least 4 members (excludes halogenated alkanes) is 1. The Bertz CT molecular complexity index is 1390. The molecule has 3 aromatic rings. The Morgan fingerprint density at radius 3 is 2.00 bits per heavy atom. The Labute approximate surface area is 244 Å². The second-order valence-corrected chi connectivity index (χ2v) is 9.45. The first kappa shape index (κ1) is 31.5. The van der Waals surface area contributed by atoms with Crippen molar-refractivity contribution >= 4 is 53.1 Å². The van der Waals surface area contributed by atoms with Crippen LogP contribution in [0.5, 0.6) is 0 Å². The van der Waals surface area contributed by atoms with Gasteiger partial charge in [0.1, 0.15) is 5.57 Å². The summed E-state index contributed by atoms with van der Waals surface area (Å²) in [5.74, 6) is -1.29. The Morgan fingerprint density at radius 2 is 1.48 bits per heavy atom. The second kappa shape index (κ2) is 15.7. The first-order chi connectivity index (χ1) is 20.2. The van der Waals surface area contributed by atoms with Crippen LogP contribution in [0.2, 0.25) is 0 Å². The number of benzene rings is 2. The van der Waals surface area contributed by atoms with Gasteiger partial charge in [0.15, 0.2) is 0 Å². The van der Waals surface area contributed by atoms with E-state index in [9.17, 15) is 14.4 Å². The molecule has 3 rings (SSSR count). The number of hydrogen-bond donors (Lipinski definition) is 4. The number of nitrogens with zero attached hydrogens (tertiary/aromatic N) is 3. The molecule has 222 valence electrons. The minimum atomic E-state index is -0.881. The highest BCUT2D eigenvalue weighted by Gasteiger charge is 2.17. The highest BCUT2D eigenvalue weighted by molar-refractivity contribution is 6.19. The number of carbonyl (C=O) groups excluding carboxylic acids is 3. The fourth-order valence-corrected chi connectivity index (χ4v) is 3.90. The van der Waals surface area contributed by atoms with Crippen LogP contribution in [0.25, 0.3) is 6.08 Å². The van der Waals surface area contributed by atoms with Crippen molar-refractivity contribution in [2.75, 3.05) is 29.6 Å². The summed E-state index contributed by atoms with van der Waals surface area (Å²) in [6.07, 6.45) is 5.62. The lowest BCUT2D eigenvalue weighted by atomic mass is 10.0. The van der Waals surface area contributed by atoms with Crippen LogP contribution in [-0.2, 0) is 19.1 Å². The van der Waals surface area contributed by atoms with E-state index in [2.05, 4.69) is 39.4 Å². The molecule has 1 aromatic heterocycles. The van der Waals surface area contributed by atoms with E-state index in [4.69, 9.17) is 20.9 Å². The molecule has 0 aliphatic heterocycles. The molecule has 1 amide bonds. The van der Waals surface area contributed by atoms with E-state index in [1.54, 1.807) is 55.5 Å². The van der Waals surface area contributed by atoms with Crippen LogP contribution in [0.4, 0.5) is 29.2 Å². The maximum atomic E-state index is 12.5. The third-order valence-corrected chi connectivity index (χ3v) is 6.26. The highest BCUT2D eigenvalue weighted by Crippen LogP contribution is 2.20. The SMILES string of the molecule is CCCCC(CC)COC(=O)c1ccc(Nc2nc(N)nc(Nc3ccc(/C=C(\C(N)=O)C(=O)OCC)cc3)n2)cc1. The molecule has 6 N–H and O–H groups in total. The molecule has 0 aliphatic carbocycles. The average molecular weight is 576 g/mol. The molecule has 0 fully saturated rings. The summed E-state index contributed by atoms with van der Waals surface area (Å²) in [5, 5.41) is 6.09. The van der Waals surface area contributed by atoms with Crippen LogP contribution < -0.4 is 22.1 Å². The molecule has 0 aliphatic rings. The topological polar surface area (TPSA) is 184 Å². The van der Waals surface area contributed by atoms with Gasteiger partial charge in [-0.15, -0.1) is 0 Å². The van der Waals surface area contributed by atoms with Gasteiger partial charge in [0.2, 0.25) is 17.8 Å². The first-order valence-electron chi connectivity index (χ1n) is 13.8. The Balaban J connectivity index is 1.64. The van der Waals surface area contributed by atoms with Crippen LogP contribution in [-0.4, -0.2) is 46.0 Å². The van der Waals surface area contributed by atoms with Crippen LogP contribution in [0.1, 0.15) is 62.4 Å². The Hall–Kier alpha value is -5.00. The standard InChI is InChI=1S/C30H37N7O5/c1-4-7-8-19(5-2)18-42-26(39)21-11-15-23(16-12-21)34-30-36-28(32)35-29(37-30)33-22-13-9-20(10-14-22)17-24(25(31)38)27(40)41-6-3/h9-17,19H,4-8,18H2,1-3H3,(H2,31,38)(H4,32,33,34,35,36,37)/b24-17+. The lowest BCUT2D eigenvalue weighted by Crippen LogP contribution is -2.22. The molecular weight excluding hydrogens is 538 g/mol. The molecule has 2 aromatic carbocycles. The molecule has 1 unspecified atom stereocenters. The van der Waals surface area contributed by atoms with E-state index in [1.807, 2.05) is 0 Å². The number of aromatic nitrogens is 3. The number of amides is 1. The number of nitrogen functional groups attached to an aromatic ring is 1. The molecule has 1 heterocycles. The third-order valence-electron chi connectivity index (χ3n) is 6.26. The summed E-state index contributed by atoms with van der Waals surface area (Å²) in [4.78, 5) is 48.7. The molecule has 0 saturated heterocycles. The predicted molar refractivity (Wildman–Crippen MR) is 161 cm³/mol. The molecule has 0 spiro atoms. The zero-order valence-corrected chi connectivity index (χ0v) is 24.1. The quantitative estimate of drug-likeness (QED) is 0.0848. The molecule has 12 heteroatoms. The number of nitrogens with one attached hydrogen (secondary N) is 2. The number of carbonyl (C=O) groups is 3. The molecular formula is C30H37N7O5. The second-order valence-electron chi connectivity index (χ2n) is 9.45. The van der Waals surface area contributed by atoms with Crippen molar-refractivity contribution in [1.29, 1.82) is 0 Å². The van der Waals surface area contributed by atoms with Gasteiger partial charge in [-0.1, -0.05) is 45.2 Å². The zero-order valence-electron chi connectivity index (χ0n) is 24.1. The summed E-state index contributed by atoms with van der Waals surface area (Å²) in [6.45, 7) is 6.43. The smallest absolute Gasteiger partial charge is 0.343 e. The maximum Gasteiger partial charge on any atom is 0.343 e. The lowest BCUT2D eigenvalue weighted by Gasteiger charge is -2.14. The van der Waals surface area contributed by atoms with Gasteiger partial charge in [0.05, 0.1) is 18.8 Å². The van der Waals surface area contributed by atoms with E-state index in [1.165, 1.54) is 6.08 Å². The Kier molecular flexibility index (Phi) is 11.8. The average Bonchev–Trinajstić information content (AvgIpc) is 2.96. The molecule has 12 nitrogen and oxygen atoms in total. The summed E-state index contributed by atoms with van der Waals surface area (Å²) in [5.41, 5.74) is 13.2. The van der Waals surface area contributed by atoms with Crippen molar-refractivity contribution < 1.29 is 23.9 Å². The fourth-order valence-electron chi connectivity index (χ4n) is 3.90. The van der Waals surface area contributed by atoms with Crippen molar-refractivity contribution in [2.24, 2.45) is 11.7 Å². The van der Waals surface area contributed by atoms with E-state index in [0.29, 0.717) is 35.0 Å². The summed E-state index contributed by atoms with van der Waals surface area (Å²) in [6, 6.07) is 13.5. The molecule has 1 atom stereocenters. The van der Waals surface area contributed by atoms with E-state index in [0.717, 1.165) is 25.7 Å². The predicted octanol–water partition coefficient (Wildman–Crippen LogP) is 4.75. The van der Waals surface area contributed by atoms with E-state index < -0.39 is 11.9 Å². The number of nitrogens with two attached hydrogens (primary N) is 2. The molecule has 0 saturated carbocycles. The van der Waals surface area contributed by atoms with Gasteiger partial charge in [-0.05, 0) is 67.3 Å². The third kappa shape index (κ3) is 9.58. The highest BCUT2D eigenvalue weighted by atomic mass is 16.5. The van der Waals surface area contributed by atoms with Gasteiger partial charge in [-0.3, -0.25) is 4.79 Å². The monoisotopic (exact) mass is 575 g/mol. The molecule has 42 heavy (non-hydrogen) atoms. The van der Waals surface area contributed by atoms with Gasteiger partial charge >= 0.3 is 11.9 Å². The van der Waals surface area contributed by atoms with Crippen LogP contribution in [0.15, 0.2) is 54.1 Å². The van der Waals surface area contributed by atoms with E-state index in [-0.39, 0.29) is 36.0 Å².